The van der Waals surface area contributed by atoms with Crippen LogP contribution in [0.15, 0.2) is 12.1 Å². The van der Waals surface area contributed by atoms with Gasteiger partial charge in [-0.3, -0.25) is 0 Å². The van der Waals surface area contributed by atoms with Crippen LogP contribution in [-0.2, 0) is 0 Å². The predicted molar refractivity (Wildman–Crippen MR) is 53.9 cm³/mol. The number of hydrogen-bond donors (Lipinski definition) is 1. The fourth-order valence-electron chi connectivity index (χ4n) is 1.57. The second-order valence-electron chi connectivity index (χ2n) is 3.87. The van der Waals surface area contributed by atoms with E-state index in [0.29, 0.717) is 0 Å². The van der Waals surface area contributed by atoms with Crippen molar-refractivity contribution in [1.82, 2.24) is 0 Å². The molecule has 10 heteroatoms. The Hall–Kier alpha value is -1.09. The molecule has 0 radical (unpaired) electrons. The molecular weight excluding hydrogens is 322 g/mol. The maximum absolute atomic E-state index is 12.9. The molecule has 0 amide bonds. The van der Waals surface area contributed by atoms with Crippen molar-refractivity contribution in [1.29, 1.82) is 0 Å². The zero-order chi connectivity index (χ0) is 15.9. The molecule has 1 nitrogen and oxygen atoms in total. The molecular formula is C10H6ClF8N. The van der Waals surface area contributed by atoms with Crippen molar-refractivity contribution in [2.45, 2.75) is 18.4 Å². The van der Waals surface area contributed by atoms with Crippen LogP contribution in [-0.4, -0.2) is 12.4 Å². The van der Waals surface area contributed by atoms with Crippen LogP contribution in [0.5, 0.6) is 0 Å². The van der Waals surface area contributed by atoms with Gasteiger partial charge in [0.15, 0.2) is 17.6 Å². The van der Waals surface area contributed by atoms with Crippen LogP contribution in [0.3, 0.4) is 0 Å². The Morgan fingerprint density at radius 1 is 0.900 bits per heavy atom. The van der Waals surface area contributed by atoms with Gasteiger partial charge in [0.25, 0.3) is 0 Å². The Bertz CT molecular complexity index is 481. The number of benzene rings is 1. The van der Waals surface area contributed by atoms with Crippen molar-refractivity contribution in [3.05, 3.63) is 34.4 Å². The van der Waals surface area contributed by atoms with E-state index in [1.807, 2.05) is 0 Å². The molecule has 0 bridgehead atoms. The van der Waals surface area contributed by atoms with Crippen LogP contribution in [0.2, 0.25) is 5.02 Å². The molecule has 0 fully saturated rings. The van der Waals surface area contributed by atoms with Gasteiger partial charge in [-0.2, -0.15) is 26.3 Å². The summed E-state index contributed by atoms with van der Waals surface area (Å²) in [7, 11) is 0. The van der Waals surface area contributed by atoms with Gasteiger partial charge in [-0.15, -0.1) is 0 Å². The lowest BCUT2D eigenvalue weighted by molar-refractivity contribution is -0.290. The molecule has 2 N–H and O–H groups in total. The van der Waals surface area contributed by atoms with Gasteiger partial charge < -0.3 is 5.73 Å². The third kappa shape index (κ3) is 3.51. The van der Waals surface area contributed by atoms with Crippen molar-refractivity contribution < 1.29 is 35.1 Å². The van der Waals surface area contributed by atoms with Gasteiger partial charge in [0, 0.05) is 5.02 Å². The normalized spacial score (nSPS) is 14.8. The van der Waals surface area contributed by atoms with Crippen molar-refractivity contribution in [3.63, 3.8) is 0 Å². The van der Waals surface area contributed by atoms with Crippen molar-refractivity contribution in [3.8, 4) is 0 Å². The van der Waals surface area contributed by atoms with E-state index in [0.717, 1.165) is 0 Å². The molecule has 0 aliphatic rings. The van der Waals surface area contributed by atoms with Gasteiger partial charge in [0.2, 0.25) is 0 Å². The van der Waals surface area contributed by atoms with Gasteiger partial charge in [0.1, 0.15) is 0 Å². The van der Waals surface area contributed by atoms with Crippen LogP contribution in [0.25, 0.3) is 0 Å². The fraction of sp³-hybridized carbons (Fsp3) is 0.400. The lowest BCUT2D eigenvalue weighted by atomic mass is 9.92. The zero-order valence-electron chi connectivity index (χ0n) is 9.29. The summed E-state index contributed by atoms with van der Waals surface area (Å²) in [5.41, 5.74) is 3.94. The minimum absolute atomic E-state index is 0.118. The first-order chi connectivity index (χ1) is 8.85. The first kappa shape index (κ1) is 17.0. The minimum Gasteiger partial charge on any atom is -0.323 e. The van der Waals surface area contributed by atoms with E-state index in [4.69, 9.17) is 17.3 Å². The standard InChI is InChI=1S/C10H6ClF8N/c11-4-2-6(13)5(12)1-3(4)7(20)8(9(14,15)16)10(17,18)19/h1-2,7-8H,20H2. The number of hydrogen-bond acceptors (Lipinski definition) is 1. The highest BCUT2D eigenvalue weighted by molar-refractivity contribution is 6.31. The van der Waals surface area contributed by atoms with E-state index in [9.17, 15) is 35.1 Å². The quantitative estimate of drug-likeness (QED) is 0.634. The summed E-state index contributed by atoms with van der Waals surface area (Å²) >= 11 is 5.32. The Kier molecular flexibility index (Phi) is 4.55. The summed E-state index contributed by atoms with van der Waals surface area (Å²) in [6.45, 7) is 0. The molecule has 1 rings (SSSR count). The Labute approximate surface area is 112 Å². The van der Waals surface area contributed by atoms with Gasteiger partial charge >= 0.3 is 12.4 Å². The molecule has 0 aliphatic carbocycles. The average Bonchev–Trinajstić information content (AvgIpc) is 2.18. The molecule has 20 heavy (non-hydrogen) atoms. The van der Waals surface area contributed by atoms with Gasteiger partial charge in [-0.25, -0.2) is 8.78 Å². The van der Waals surface area contributed by atoms with Crippen molar-refractivity contribution >= 4 is 11.6 Å². The number of alkyl halides is 6. The predicted octanol–water partition coefficient (Wildman–Crippen LogP) is 4.36. The summed E-state index contributed by atoms with van der Waals surface area (Å²) in [6.07, 6.45) is -11.4. The van der Waals surface area contributed by atoms with Crippen LogP contribution in [0, 0.1) is 17.6 Å². The van der Waals surface area contributed by atoms with E-state index in [1.165, 1.54) is 0 Å². The Morgan fingerprint density at radius 2 is 1.30 bits per heavy atom. The maximum Gasteiger partial charge on any atom is 0.402 e. The van der Waals surface area contributed by atoms with Gasteiger partial charge in [-0.05, 0) is 17.7 Å². The molecule has 0 saturated heterocycles. The lowest BCUT2D eigenvalue weighted by Crippen LogP contribution is -2.44. The first-order valence-corrected chi connectivity index (χ1v) is 5.27. The van der Waals surface area contributed by atoms with Crippen LogP contribution < -0.4 is 5.73 Å². The third-order valence-electron chi connectivity index (χ3n) is 2.46. The summed E-state index contributed by atoms with van der Waals surface area (Å²) in [4.78, 5) is 0. The van der Waals surface area contributed by atoms with E-state index in [1.54, 1.807) is 0 Å². The molecule has 0 aromatic heterocycles. The largest absolute Gasteiger partial charge is 0.402 e. The number of halogens is 9. The lowest BCUT2D eigenvalue weighted by Gasteiger charge is -2.28. The molecule has 0 heterocycles. The topological polar surface area (TPSA) is 26.0 Å². The van der Waals surface area contributed by atoms with Crippen LogP contribution >= 0.6 is 11.6 Å². The molecule has 0 spiro atoms. The van der Waals surface area contributed by atoms with Crippen LogP contribution in [0.1, 0.15) is 11.6 Å². The van der Waals surface area contributed by atoms with Crippen molar-refractivity contribution in [2.75, 3.05) is 0 Å². The molecule has 0 saturated carbocycles. The smallest absolute Gasteiger partial charge is 0.323 e. The fourth-order valence-corrected chi connectivity index (χ4v) is 1.84. The summed E-state index contributed by atoms with van der Waals surface area (Å²) in [5.74, 6) is -7.11. The monoisotopic (exact) mass is 327 g/mol. The van der Waals surface area contributed by atoms with E-state index in [2.05, 4.69) is 0 Å². The van der Waals surface area contributed by atoms with Gasteiger partial charge in [-0.1, -0.05) is 11.6 Å². The second-order valence-corrected chi connectivity index (χ2v) is 4.28. The Morgan fingerprint density at radius 3 is 1.70 bits per heavy atom. The molecule has 1 aromatic rings. The summed E-state index contributed by atoms with van der Waals surface area (Å²) in [5, 5.41) is -0.824. The zero-order valence-corrected chi connectivity index (χ0v) is 10.0. The highest BCUT2D eigenvalue weighted by atomic mass is 35.5. The molecule has 1 atom stereocenters. The van der Waals surface area contributed by atoms with Crippen LogP contribution in [0.4, 0.5) is 35.1 Å². The van der Waals surface area contributed by atoms with Crippen molar-refractivity contribution in [2.24, 2.45) is 11.7 Å². The maximum atomic E-state index is 12.9. The van der Waals surface area contributed by atoms with E-state index >= 15 is 0 Å². The first-order valence-electron chi connectivity index (χ1n) is 4.89. The van der Waals surface area contributed by atoms with E-state index < -0.39 is 46.5 Å². The third-order valence-corrected chi connectivity index (χ3v) is 2.79. The second kappa shape index (κ2) is 5.36. The average molecular weight is 328 g/mol. The molecule has 0 aliphatic heterocycles. The summed E-state index contributed by atoms with van der Waals surface area (Å²) in [6, 6.07) is -2.33. The van der Waals surface area contributed by atoms with Gasteiger partial charge in [0.05, 0.1) is 6.04 Å². The SMILES string of the molecule is NC(c1cc(F)c(F)cc1Cl)C(C(F)(F)F)C(F)(F)F. The Balaban J connectivity index is 3.34. The highest BCUT2D eigenvalue weighted by Gasteiger charge is 2.60. The molecule has 1 unspecified atom stereocenters. The number of rotatable bonds is 2. The van der Waals surface area contributed by atoms with E-state index in [-0.39, 0.29) is 12.1 Å². The molecule has 114 valence electrons. The minimum atomic E-state index is -5.72. The molecule has 1 aromatic carbocycles. The highest BCUT2D eigenvalue weighted by Crippen LogP contribution is 2.46. The summed E-state index contributed by atoms with van der Waals surface area (Å²) < 4.78 is 100. The number of nitrogens with two attached hydrogens (primary N) is 1.